The van der Waals surface area contributed by atoms with Crippen LogP contribution >= 0.6 is 27.7 Å². The van der Waals surface area contributed by atoms with E-state index in [1.54, 1.807) is 23.6 Å². The summed E-state index contributed by atoms with van der Waals surface area (Å²) in [6, 6.07) is 5.34. The molecule has 1 atom stereocenters. The number of anilines is 1. The second-order valence-electron chi connectivity index (χ2n) is 7.31. The molecule has 0 spiro atoms. The topological polar surface area (TPSA) is 78.3 Å². The van der Waals surface area contributed by atoms with E-state index in [1.165, 1.54) is 0 Å². The van der Waals surface area contributed by atoms with Crippen molar-refractivity contribution in [3.05, 3.63) is 39.5 Å². The number of halogens is 1. The van der Waals surface area contributed by atoms with Crippen LogP contribution in [0.5, 0.6) is 5.75 Å². The number of allylic oxidation sites excluding steroid dienone is 1. The SMILES string of the molecule is CCCCOC(=O)C1=C(C)Nc2nc(SCCCC)nn2C1c1ccc(OC)c(Br)c1. The molecule has 2 aromatic rings. The lowest BCUT2D eigenvalue weighted by Gasteiger charge is -2.28. The fourth-order valence-corrected chi connectivity index (χ4v) is 4.78. The number of nitrogens with zero attached hydrogens (tertiary/aromatic N) is 3. The Balaban J connectivity index is 2.01. The summed E-state index contributed by atoms with van der Waals surface area (Å²) in [4.78, 5) is 17.7. The number of aromatic nitrogens is 3. The van der Waals surface area contributed by atoms with Gasteiger partial charge in [-0.25, -0.2) is 9.48 Å². The van der Waals surface area contributed by atoms with Crippen molar-refractivity contribution >= 4 is 39.6 Å². The summed E-state index contributed by atoms with van der Waals surface area (Å²) in [7, 11) is 1.63. The van der Waals surface area contributed by atoms with Crippen molar-refractivity contribution in [2.45, 2.75) is 57.7 Å². The van der Waals surface area contributed by atoms with Gasteiger partial charge < -0.3 is 14.8 Å². The Kier molecular flexibility index (Phi) is 8.43. The molecule has 0 saturated carbocycles. The molecular weight excluding hydrogens is 480 g/mol. The fourth-order valence-electron chi connectivity index (χ4n) is 3.31. The number of hydrogen-bond acceptors (Lipinski definition) is 7. The molecule has 9 heteroatoms. The van der Waals surface area contributed by atoms with E-state index in [2.05, 4.69) is 40.1 Å². The third-order valence-corrected chi connectivity index (χ3v) is 6.55. The maximum atomic E-state index is 13.1. The summed E-state index contributed by atoms with van der Waals surface area (Å²) in [6.45, 7) is 6.50. The first kappa shape index (κ1) is 23.7. The van der Waals surface area contributed by atoms with Crippen molar-refractivity contribution in [2.24, 2.45) is 0 Å². The molecule has 0 amide bonds. The maximum absolute atomic E-state index is 13.1. The molecule has 1 aromatic carbocycles. The molecule has 31 heavy (non-hydrogen) atoms. The molecule has 7 nitrogen and oxygen atoms in total. The highest BCUT2D eigenvalue weighted by Gasteiger charge is 2.35. The van der Waals surface area contributed by atoms with E-state index in [0.29, 0.717) is 23.3 Å². The largest absolute Gasteiger partial charge is 0.496 e. The minimum absolute atomic E-state index is 0.336. The van der Waals surface area contributed by atoms with E-state index >= 15 is 0 Å². The first-order chi connectivity index (χ1) is 15.0. The Morgan fingerprint density at radius 3 is 2.74 bits per heavy atom. The van der Waals surface area contributed by atoms with E-state index < -0.39 is 6.04 Å². The normalized spacial score (nSPS) is 15.5. The molecule has 1 unspecified atom stereocenters. The quantitative estimate of drug-likeness (QED) is 0.255. The third kappa shape index (κ3) is 5.44. The Hall–Kier alpha value is -2.00. The summed E-state index contributed by atoms with van der Waals surface area (Å²) in [5.74, 6) is 1.96. The first-order valence-corrected chi connectivity index (χ1v) is 12.4. The van der Waals surface area contributed by atoms with Crippen molar-refractivity contribution in [2.75, 3.05) is 24.8 Å². The minimum Gasteiger partial charge on any atom is -0.496 e. The predicted octanol–water partition coefficient (Wildman–Crippen LogP) is 5.57. The number of carbonyl (C=O) groups is 1. The van der Waals surface area contributed by atoms with Crippen molar-refractivity contribution in [1.29, 1.82) is 0 Å². The zero-order chi connectivity index (χ0) is 22.4. The van der Waals surface area contributed by atoms with Crippen LogP contribution in [0.25, 0.3) is 0 Å². The summed E-state index contributed by atoms with van der Waals surface area (Å²) < 4.78 is 13.5. The molecule has 1 aromatic heterocycles. The average molecular weight is 509 g/mol. The average Bonchev–Trinajstić information content (AvgIpc) is 3.15. The van der Waals surface area contributed by atoms with Crippen LogP contribution in [-0.2, 0) is 9.53 Å². The molecule has 0 bridgehead atoms. The van der Waals surface area contributed by atoms with Gasteiger partial charge in [-0.1, -0.05) is 44.5 Å². The zero-order valence-corrected chi connectivity index (χ0v) is 20.8. The van der Waals surface area contributed by atoms with Gasteiger partial charge in [0, 0.05) is 11.4 Å². The van der Waals surface area contributed by atoms with Gasteiger partial charge in [0.05, 0.1) is 23.8 Å². The summed E-state index contributed by atoms with van der Waals surface area (Å²) in [6.07, 6.45) is 4.01. The van der Waals surface area contributed by atoms with Crippen LogP contribution in [0.2, 0.25) is 0 Å². The number of thioether (sulfide) groups is 1. The molecule has 1 N–H and O–H groups in total. The number of esters is 1. The van der Waals surface area contributed by atoms with Crippen LogP contribution in [0.15, 0.2) is 39.1 Å². The third-order valence-electron chi connectivity index (χ3n) is 5.00. The Morgan fingerprint density at radius 1 is 1.29 bits per heavy atom. The molecule has 1 aliphatic rings. The molecule has 0 aliphatic carbocycles. The lowest BCUT2D eigenvalue weighted by molar-refractivity contribution is -0.139. The highest BCUT2D eigenvalue weighted by Crippen LogP contribution is 2.39. The summed E-state index contributed by atoms with van der Waals surface area (Å²) in [5.41, 5.74) is 2.16. The van der Waals surface area contributed by atoms with E-state index in [-0.39, 0.29) is 5.97 Å². The summed E-state index contributed by atoms with van der Waals surface area (Å²) in [5, 5.41) is 8.68. The van der Waals surface area contributed by atoms with Gasteiger partial charge in [0.1, 0.15) is 11.8 Å². The monoisotopic (exact) mass is 508 g/mol. The molecule has 0 radical (unpaired) electrons. The molecule has 1 aliphatic heterocycles. The van der Waals surface area contributed by atoms with Gasteiger partial charge in [0.25, 0.3) is 0 Å². The molecule has 3 rings (SSSR count). The number of benzene rings is 1. The zero-order valence-electron chi connectivity index (χ0n) is 18.4. The minimum atomic E-state index is -0.444. The van der Waals surface area contributed by atoms with E-state index in [4.69, 9.17) is 14.6 Å². The number of methoxy groups -OCH3 is 1. The van der Waals surface area contributed by atoms with Crippen molar-refractivity contribution in [1.82, 2.24) is 14.8 Å². The molecule has 0 saturated heterocycles. The van der Waals surface area contributed by atoms with Crippen molar-refractivity contribution in [3.8, 4) is 5.75 Å². The lowest BCUT2D eigenvalue weighted by atomic mass is 9.95. The van der Waals surface area contributed by atoms with Crippen LogP contribution in [-0.4, -0.2) is 40.2 Å². The maximum Gasteiger partial charge on any atom is 0.338 e. The second kappa shape index (κ2) is 11.0. The Labute approximate surface area is 196 Å². The van der Waals surface area contributed by atoms with Crippen molar-refractivity contribution in [3.63, 3.8) is 0 Å². The second-order valence-corrected chi connectivity index (χ2v) is 9.23. The number of rotatable bonds is 10. The molecular formula is C22H29BrN4O3S. The molecule has 0 fully saturated rings. The van der Waals surface area contributed by atoms with Gasteiger partial charge in [-0.05, 0) is 53.4 Å². The van der Waals surface area contributed by atoms with Crippen LogP contribution in [0.3, 0.4) is 0 Å². The van der Waals surface area contributed by atoms with Crippen LogP contribution in [0, 0.1) is 0 Å². The number of hydrogen-bond donors (Lipinski definition) is 1. The first-order valence-electron chi connectivity index (χ1n) is 10.6. The number of fused-ring (bicyclic) bond motifs is 1. The van der Waals surface area contributed by atoms with Gasteiger partial charge in [-0.15, -0.1) is 5.10 Å². The van der Waals surface area contributed by atoms with Gasteiger partial charge in [0.2, 0.25) is 11.1 Å². The summed E-state index contributed by atoms with van der Waals surface area (Å²) >= 11 is 5.19. The number of nitrogens with one attached hydrogen (secondary N) is 1. The van der Waals surface area contributed by atoms with Crippen molar-refractivity contribution < 1.29 is 14.3 Å². The van der Waals surface area contributed by atoms with Gasteiger partial charge in [0.15, 0.2) is 0 Å². The smallest absolute Gasteiger partial charge is 0.338 e. The van der Waals surface area contributed by atoms with Crippen LogP contribution < -0.4 is 10.1 Å². The Morgan fingerprint density at radius 2 is 2.06 bits per heavy atom. The fraction of sp³-hybridized carbons (Fsp3) is 0.500. The Bertz CT molecular complexity index is 960. The lowest BCUT2D eigenvalue weighted by Crippen LogP contribution is -2.29. The van der Waals surface area contributed by atoms with E-state index in [9.17, 15) is 4.79 Å². The van der Waals surface area contributed by atoms with Gasteiger partial charge in [-0.3, -0.25) is 0 Å². The highest BCUT2D eigenvalue weighted by molar-refractivity contribution is 9.10. The predicted molar refractivity (Wildman–Crippen MR) is 127 cm³/mol. The molecule has 168 valence electrons. The highest BCUT2D eigenvalue weighted by atomic mass is 79.9. The number of ether oxygens (including phenoxy) is 2. The van der Waals surface area contributed by atoms with Crippen LogP contribution in [0.1, 0.15) is 58.1 Å². The van der Waals surface area contributed by atoms with Gasteiger partial charge >= 0.3 is 5.97 Å². The molecule has 2 heterocycles. The van der Waals surface area contributed by atoms with E-state index in [1.807, 2.05) is 25.1 Å². The standard InChI is InChI=1S/C22H29BrN4O3S/c1-5-7-11-30-20(28)18-14(3)24-21-25-22(31-12-8-6-2)26-27(21)19(18)15-9-10-17(29-4)16(23)13-15/h9-10,13,19H,5-8,11-12H2,1-4H3,(H,24,25,26). The van der Waals surface area contributed by atoms with Gasteiger partial charge in [-0.2, -0.15) is 4.98 Å². The number of carbonyl (C=O) groups excluding carboxylic acids is 1. The van der Waals surface area contributed by atoms with Crippen LogP contribution in [0.4, 0.5) is 5.95 Å². The number of unbranched alkanes of at least 4 members (excludes halogenated alkanes) is 2. The van der Waals surface area contributed by atoms with E-state index in [0.717, 1.165) is 52.9 Å².